The molecule has 0 bridgehead atoms. The molecule has 7 nitrogen and oxygen atoms in total. The molecule has 1 amide bonds. The van der Waals surface area contributed by atoms with Gasteiger partial charge in [0.05, 0.1) is 6.54 Å². The number of carbonyl (C=O) groups excluding carboxylic acids is 1. The van der Waals surface area contributed by atoms with Crippen LogP contribution in [-0.4, -0.2) is 46.2 Å². The van der Waals surface area contributed by atoms with E-state index in [0.29, 0.717) is 37.0 Å². The first-order valence-electron chi connectivity index (χ1n) is 9.22. The van der Waals surface area contributed by atoms with Gasteiger partial charge in [0.25, 0.3) is 5.84 Å². The van der Waals surface area contributed by atoms with E-state index in [1.807, 2.05) is 44.2 Å². The number of rotatable bonds is 5. The molecule has 3 heterocycles. The summed E-state index contributed by atoms with van der Waals surface area (Å²) >= 11 is 0. The van der Waals surface area contributed by atoms with E-state index in [1.165, 1.54) is 0 Å². The second kappa shape index (κ2) is 6.25. The van der Waals surface area contributed by atoms with E-state index in [0.717, 1.165) is 28.8 Å². The smallest absolute Gasteiger partial charge is 0.242 e. The molecule has 3 aliphatic heterocycles. The van der Waals surface area contributed by atoms with Crippen molar-refractivity contribution >= 4 is 17.6 Å². The van der Waals surface area contributed by atoms with Gasteiger partial charge in [0.2, 0.25) is 5.84 Å². The number of amidine groups is 2. The molecule has 26 heavy (non-hydrogen) atoms. The number of nitrogens with one attached hydrogen (secondary N) is 1. The molecule has 0 fully saturated rings. The highest BCUT2D eigenvalue weighted by Crippen LogP contribution is 2.37. The summed E-state index contributed by atoms with van der Waals surface area (Å²) in [5, 5.41) is 3.16. The Balaban J connectivity index is 1.73. The standard InChI is InChI=1S/C19H23N5O2/c1-3-8-15-19(25)24(11-4-2)18(21-15)14-12-20-16(22-17(14)23(24)26)13-9-6-5-7-10-13/h5-7,9-10,15H,3-4,8,11-12H2,1-2H3,(H,20,22)/q+2. The maximum Gasteiger partial charge on any atom is 0.394 e. The average molecular weight is 353 g/mol. The predicted octanol–water partition coefficient (Wildman–Crippen LogP) is 2.29. The Hall–Kier alpha value is -2.67. The number of nitrogens with zero attached hydrogens (tertiary/aromatic N) is 4. The Labute approximate surface area is 152 Å². The Morgan fingerprint density at radius 2 is 2.00 bits per heavy atom. The quantitative estimate of drug-likeness (QED) is 0.652. The van der Waals surface area contributed by atoms with E-state index in [-0.39, 0.29) is 10.5 Å². The predicted molar refractivity (Wildman–Crippen MR) is 98.2 cm³/mol. The van der Waals surface area contributed by atoms with Crippen molar-refractivity contribution in [2.24, 2.45) is 9.98 Å². The van der Waals surface area contributed by atoms with Gasteiger partial charge in [0.1, 0.15) is 6.54 Å². The molecule has 4 rings (SSSR count). The van der Waals surface area contributed by atoms with Crippen molar-refractivity contribution in [1.29, 1.82) is 0 Å². The van der Waals surface area contributed by atoms with Gasteiger partial charge in [-0.25, -0.2) is 20.1 Å². The van der Waals surface area contributed by atoms with Crippen molar-refractivity contribution in [3.8, 4) is 0 Å². The lowest BCUT2D eigenvalue weighted by Gasteiger charge is -2.19. The average Bonchev–Trinajstić information content (AvgIpc) is 3.07. The number of carbonyl (C=O) groups is 1. The highest BCUT2D eigenvalue weighted by Gasteiger charge is 2.69. The molecule has 3 aliphatic rings. The van der Waals surface area contributed by atoms with Crippen molar-refractivity contribution in [3.05, 3.63) is 52.2 Å². The first-order chi connectivity index (χ1) is 12.6. The van der Waals surface area contributed by atoms with Crippen molar-refractivity contribution in [3.63, 3.8) is 0 Å². The summed E-state index contributed by atoms with van der Waals surface area (Å²) in [6.07, 6.45) is 2.25. The Kier molecular flexibility index (Phi) is 4.03. The minimum atomic E-state index is -0.424. The van der Waals surface area contributed by atoms with Crippen LogP contribution in [0.25, 0.3) is 0 Å². The fourth-order valence-electron chi connectivity index (χ4n) is 3.95. The minimum absolute atomic E-state index is 0.115. The molecule has 2 atom stereocenters. The van der Waals surface area contributed by atoms with Gasteiger partial charge in [-0.3, -0.25) is 0 Å². The first-order valence-corrected chi connectivity index (χ1v) is 9.22. The molecule has 1 aromatic carbocycles. The normalized spacial score (nSPS) is 27.1. The number of quaternary nitrogens is 1. The third-order valence-corrected chi connectivity index (χ3v) is 5.12. The number of fused-ring (bicyclic) bond motifs is 2. The monoisotopic (exact) mass is 353 g/mol. The first kappa shape index (κ1) is 16.8. The van der Waals surface area contributed by atoms with Crippen molar-refractivity contribution in [1.82, 2.24) is 5.32 Å². The van der Waals surface area contributed by atoms with E-state index in [9.17, 15) is 9.70 Å². The number of amides is 1. The summed E-state index contributed by atoms with van der Waals surface area (Å²) in [5.41, 5.74) is 1.67. The molecule has 0 saturated heterocycles. The molecule has 1 aromatic rings. The largest absolute Gasteiger partial charge is 0.394 e. The minimum Gasteiger partial charge on any atom is -0.242 e. The molecule has 0 aliphatic carbocycles. The molecule has 1 N–H and O–H groups in total. The van der Waals surface area contributed by atoms with E-state index in [1.54, 1.807) is 0 Å². The second-order valence-corrected chi connectivity index (χ2v) is 6.84. The van der Waals surface area contributed by atoms with E-state index < -0.39 is 6.04 Å². The van der Waals surface area contributed by atoms with Gasteiger partial charge in [-0.2, -0.15) is 0 Å². The van der Waals surface area contributed by atoms with Crippen molar-refractivity contribution < 1.29 is 14.3 Å². The van der Waals surface area contributed by atoms with Gasteiger partial charge in [-0.05, 0) is 34.5 Å². The third kappa shape index (κ3) is 2.20. The lowest BCUT2D eigenvalue weighted by molar-refractivity contribution is -1.22. The lowest BCUT2D eigenvalue weighted by atomic mass is 10.1. The Morgan fingerprint density at radius 1 is 1.23 bits per heavy atom. The van der Waals surface area contributed by atoms with Crippen LogP contribution in [0.5, 0.6) is 0 Å². The van der Waals surface area contributed by atoms with Gasteiger partial charge in [0, 0.05) is 5.56 Å². The van der Waals surface area contributed by atoms with Crippen LogP contribution in [0.2, 0.25) is 0 Å². The molecule has 0 spiro atoms. The van der Waals surface area contributed by atoms with Gasteiger partial charge in [-0.1, -0.05) is 38.5 Å². The van der Waals surface area contributed by atoms with Crippen LogP contribution in [0.1, 0.15) is 38.7 Å². The summed E-state index contributed by atoms with van der Waals surface area (Å²) in [5.74, 6) is 1.54. The second-order valence-electron chi connectivity index (χ2n) is 6.84. The summed E-state index contributed by atoms with van der Waals surface area (Å²) in [6.45, 7) is 4.80. The van der Waals surface area contributed by atoms with E-state index in [2.05, 4.69) is 15.3 Å². The Morgan fingerprint density at radius 3 is 2.69 bits per heavy atom. The SMILES string of the molecule is CCCC1N=C2C3=C(NC(c4ccccc4)=NC3)[N+](=O)[N+]2(CCC)C1=O. The lowest BCUT2D eigenvalue weighted by Crippen LogP contribution is -2.58. The molecule has 0 aromatic heterocycles. The molecule has 7 heteroatoms. The molecule has 0 saturated carbocycles. The number of aliphatic imine (C=N–C) groups is 2. The Bertz CT molecular complexity index is 871. The van der Waals surface area contributed by atoms with Crippen LogP contribution in [0.3, 0.4) is 0 Å². The van der Waals surface area contributed by atoms with Crippen LogP contribution >= 0.6 is 0 Å². The van der Waals surface area contributed by atoms with Crippen LogP contribution in [-0.2, 0) is 4.79 Å². The zero-order chi connectivity index (χ0) is 18.3. The maximum absolute atomic E-state index is 13.3. The molecule has 2 unspecified atom stereocenters. The fourth-order valence-corrected chi connectivity index (χ4v) is 3.95. The molecule has 134 valence electrons. The number of hydrogen-bond donors (Lipinski definition) is 1. The third-order valence-electron chi connectivity index (χ3n) is 5.12. The maximum atomic E-state index is 13.3. The molecular weight excluding hydrogens is 330 g/mol. The number of hydrogen-bond acceptors (Lipinski definition) is 5. The van der Waals surface area contributed by atoms with Crippen LogP contribution in [0.4, 0.5) is 0 Å². The molecule has 0 radical (unpaired) electrons. The number of benzene rings is 1. The fraction of sp³-hybridized carbons (Fsp3) is 0.421. The van der Waals surface area contributed by atoms with Crippen LogP contribution in [0.15, 0.2) is 51.7 Å². The van der Waals surface area contributed by atoms with Crippen molar-refractivity contribution in [2.75, 3.05) is 13.1 Å². The highest BCUT2D eigenvalue weighted by atomic mass is 16.4. The molecular formula is C19H23N5O2+2. The summed E-state index contributed by atoms with van der Waals surface area (Å²) in [7, 11) is 0. The van der Waals surface area contributed by atoms with E-state index in [4.69, 9.17) is 0 Å². The van der Waals surface area contributed by atoms with Gasteiger partial charge < -0.3 is 0 Å². The van der Waals surface area contributed by atoms with E-state index >= 15 is 0 Å². The van der Waals surface area contributed by atoms with Gasteiger partial charge in [0.15, 0.2) is 16.5 Å². The topological polar surface area (TPSA) is 73.9 Å². The van der Waals surface area contributed by atoms with Gasteiger partial charge >= 0.3 is 11.7 Å². The highest BCUT2D eigenvalue weighted by molar-refractivity contribution is 6.08. The zero-order valence-electron chi connectivity index (χ0n) is 15.1. The summed E-state index contributed by atoms with van der Waals surface area (Å²) in [6, 6.07) is 9.26. The van der Waals surface area contributed by atoms with Crippen LogP contribution < -0.4 is 5.32 Å². The number of nitroso groups, excluding NO2 is 1. The van der Waals surface area contributed by atoms with Crippen molar-refractivity contribution in [2.45, 2.75) is 39.2 Å². The summed E-state index contributed by atoms with van der Waals surface area (Å²) in [4.78, 5) is 36.5. The van der Waals surface area contributed by atoms with Crippen LogP contribution in [0, 0.1) is 4.91 Å². The van der Waals surface area contributed by atoms with Gasteiger partial charge in [-0.15, -0.1) is 0 Å². The summed E-state index contributed by atoms with van der Waals surface area (Å²) < 4.78 is -0.337. The zero-order valence-corrected chi connectivity index (χ0v) is 15.1.